The molecular formula is C36H39Br2N3O5S. The molecule has 0 aromatic heterocycles. The van der Waals surface area contributed by atoms with Gasteiger partial charge in [-0.3, -0.25) is 13.9 Å². The second kappa shape index (κ2) is 16.9. The fourth-order valence-electron chi connectivity index (χ4n) is 5.07. The van der Waals surface area contributed by atoms with Crippen LogP contribution in [0.5, 0.6) is 5.75 Å². The Labute approximate surface area is 294 Å². The standard InChI is InChI=1S/C36H39Br2N3O5S/c1-4-5-20-39-36(43)33(22-27-10-7-6-8-11-27)40(24-28-12-9-13-29(37)21-28)35(42)25-41(30-16-14-26(2)15-17-30)47(44,45)31-18-19-34(46-3)32(38)23-31/h6-19,21,23,33H,4-5,20,22,24-25H2,1-3H3,(H,39,43)/t33-/m0/s1. The zero-order valence-corrected chi connectivity index (χ0v) is 30.6. The largest absolute Gasteiger partial charge is 0.496 e. The van der Waals surface area contributed by atoms with Crippen molar-refractivity contribution in [3.8, 4) is 5.75 Å². The average molecular weight is 786 g/mol. The summed E-state index contributed by atoms with van der Waals surface area (Å²) in [5, 5.41) is 3.01. The third-order valence-electron chi connectivity index (χ3n) is 7.65. The summed E-state index contributed by atoms with van der Waals surface area (Å²) in [5.41, 5.74) is 2.93. The number of nitrogens with one attached hydrogen (secondary N) is 1. The van der Waals surface area contributed by atoms with Crippen LogP contribution in [0.25, 0.3) is 0 Å². The summed E-state index contributed by atoms with van der Waals surface area (Å²) in [6, 6.07) is 27.5. The van der Waals surface area contributed by atoms with Gasteiger partial charge in [0.1, 0.15) is 18.3 Å². The number of amides is 2. The molecule has 0 unspecified atom stereocenters. The predicted octanol–water partition coefficient (Wildman–Crippen LogP) is 7.28. The zero-order chi connectivity index (χ0) is 34.0. The first-order valence-corrected chi connectivity index (χ1v) is 18.3. The average Bonchev–Trinajstić information content (AvgIpc) is 3.06. The molecule has 2 amide bonds. The number of nitrogens with zero attached hydrogens (tertiary/aromatic N) is 2. The Morgan fingerprint density at radius 3 is 2.23 bits per heavy atom. The Hall–Kier alpha value is -3.67. The third-order valence-corrected chi connectivity index (χ3v) is 10.5. The number of aryl methyl sites for hydroxylation is 1. The lowest BCUT2D eigenvalue weighted by Crippen LogP contribution is -2.53. The SMILES string of the molecule is CCCCNC(=O)[C@H](Cc1ccccc1)N(Cc1cccc(Br)c1)C(=O)CN(c1ccc(C)cc1)S(=O)(=O)c1ccc(OC)c(Br)c1. The molecule has 0 bridgehead atoms. The molecule has 248 valence electrons. The van der Waals surface area contributed by atoms with Crippen molar-refractivity contribution < 1.29 is 22.7 Å². The minimum atomic E-state index is -4.25. The van der Waals surface area contributed by atoms with Crippen LogP contribution < -0.4 is 14.4 Å². The Morgan fingerprint density at radius 1 is 0.894 bits per heavy atom. The summed E-state index contributed by atoms with van der Waals surface area (Å²) in [7, 11) is -2.76. The third kappa shape index (κ3) is 9.68. The first kappa shape index (κ1) is 36.2. The molecule has 0 aliphatic heterocycles. The molecular weight excluding hydrogens is 746 g/mol. The van der Waals surface area contributed by atoms with Crippen LogP contribution in [-0.4, -0.2) is 51.4 Å². The Bertz CT molecular complexity index is 1770. The second-order valence-corrected chi connectivity index (χ2v) is 14.8. The molecule has 0 saturated carbocycles. The van der Waals surface area contributed by atoms with E-state index >= 15 is 0 Å². The van der Waals surface area contributed by atoms with Gasteiger partial charge in [0.15, 0.2) is 0 Å². The van der Waals surface area contributed by atoms with E-state index in [2.05, 4.69) is 37.2 Å². The maximum atomic E-state index is 14.6. The molecule has 4 aromatic carbocycles. The molecule has 0 radical (unpaired) electrons. The van der Waals surface area contributed by atoms with E-state index in [0.717, 1.165) is 38.3 Å². The van der Waals surface area contributed by atoms with E-state index < -0.39 is 28.5 Å². The second-order valence-electron chi connectivity index (χ2n) is 11.1. The zero-order valence-electron chi connectivity index (χ0n) is 26.7. The van der Waals surface area contributed by atoms with Crippen molar-refractivity contribution in [2.24, 2.45) is 0 Å². The molecule has 0 spiro atoms. The number of ether oxygens (including phenoxy) is 1. The van der Waals surface area contributed by atoms with Crippen molar-refractivity contribution in [1.82, 2.24) is 10.2 Å². The van der Waals surface area contributed by atoms with Crippen LogP contribution in [-0.2, 0) is 32.6 Å². The van der Waals surface area contributed by atoms with Gasteiger partial charge >= 0.3 is 0 Å². The number of methoxy groups -OCH3 is 1. The van der Waals surface area contributed by atoms with Gasteiger partial charge in [-0.2, -0.15) is 0 Å². The Balaban J connectivity index is 1.80. The number of hydrogen-bond acceptors (Lipinski definition) is 5. The summed E-state index contributed by atoms with van der Waals surface area (Å²) in [6.45, 7) is 3.97. The van der Waals surface area contributed by atoms with Gasteiger partial charge < -0.3 is 15.0 Å². The molecule has 0 heterocycles. The highest BCUT2D eigenvalue weighted by atomic mass is 79.9. The van der Waals surface area contributed by atoms with Crippen LogP contribution >= 0.6 is 31.9 Å². The number of benzene rings is 4. The molecule has 0 fully saturated rings. The van der Waals surface area contributed by atoms with E-state index in [1.807, 2.05) is 68.4 Å². The highest BCUT2D eigenvalue weighted by Crippen LogP contribution is 2.31. The van der Waals surface area contributed by atoms with Gasteiger partial charge in [0, 0.05) is 24.0 Å². The van der Waals surface area contributed by atoms with Crippen molar-refractivity contribution in [3.05, 3.63) is 123 Å². The first-order valence-electron chi connectivity index (χ1n) is 15.3. The van der Waals surface area contributed by atoms with E-state index in [9.17, 15) is 18.0 Å². The van der Waals surface area contributed by atoms with Gasteiger partial charge in [-0.15, -0.1) is 0 Å². The lowest BCUT2D eigenvalue weighted by molar-refractivity contribution is -0.140. The highest BCUT2D eigenvalue weighted by molar-refractivity contribution is 9.10. The summed E-state index contributed by atoms with van der Waals surface area (Å²) in [4.78, 5) is 29.9. The maximum absolute atomic E-state index is 14.6. The van der Waals surface area contributed by atoms with Crippen LogP contribution in [0.1, 0.15) is 36.5 Å². The van der Waals surface area contributed by atoms with Crippen molar-refractivity contribution in [3.63, 3.8) is 0 Å². The molecule has 8 nitrogen and oxygen atoms in total. The van der Waals surface area contributed by atoms with E-state index in [0.29, 0.717) is 22.5 Å². The van der Waals surface area contributed by atoms with Crippen molar-refractivity contribution in [2.45, 2.75) is 50.6 Å². The molecule has 1 N–H and O–H groups in total. The molecule has 4 rings (SSSR count). The van der Waals surface area contributed by atoms with Crippen molar-refractivity contribution >= 4 is 59.4 Å². The van der Waals surface area contributed by atoms with E-state index in [4.69, 9.17) is 4.74 Å². The van der Waals surface area contributed by atoms with Gasteiger partial charge in [0.25, 0.3) is 10.0 Å². The monoisotopic (exact) mass is 783 g/mol. The number of sulfonamides is 1. The van der Waals surface area contributed by atoms with Crippen molar-refractivity contribution in [2.75, 3.05) is 24.5 Å². The number of carbonyl (C=O) groups is 2. The van der Waals surface area contributed by atoms with Crippen molar-refractivity contribution in [1.29, 1.82) is 0 Å². The van der Waals surface area contributed by atoms with Crippen LogP contribution in [0.3, 0.4) is 0 Å². The lowest BCUT2D eigenvalue weighted by Gasteiger charge is -2.34. The topological polar surface area (TPSA) is 96.0 Å². The van der Waals surface area contributed by atoms with Crippen LogP contribution in [0.15, 0.2) is 111 Å². The molecule has 1 atom stereocenters. The summed E-state index contributed by atoms with van der Waals surface area (Å²) >= 11 is 6.91. The van der Waals surface area contributed by atoms with Gasteiger partial charge in [0.2, 0.25) is 11.8 Å². The summed E-state index contributed by atoms with van der Waals surface area (Å²) in [5.74, 6) is -0.345. The summed E-state index contributed by atoms with van der Waals surface area (Å²) < 4.78 is 36.3. The summed E-state index contributed by atoms with van der Waals surface area (Å²) in [6.07, 6.45) is 1.94. The van der Waals surface area contributed by atoms with Crippen LogP contribution in [0, 0.1) is 6.92 Å². The molecule has 0 aliphatic rings. The number of halogens is 2. The Kier molecular flexibility index (Phi) is 13.0. The maximum Gasteiger partial charge on any atom is 0.264 e. The number of unbranched alkanes of at least 4 members (excludes halogenated alkanes) is 1. The van der Waals surface area contributed by atoms with Gasteiger partial charge in [0.05, 0.1) is 22.2 Å². The first-order chi connectivity index (χ1) is 22.5. The minimum Gasteiger partial charge on any atom is -0.496 e. The molecule has 0 saturated heterocycles. The quantitative estimate of drug-likeness (QED) is 0.128. The van der Waals surface area contributed by atoms with Gasteiger partial charge in [-0.25, -0.2) is 8.42 Å². The molecule has 4 aromatic rings. The minimum absolute atomic E-state index is 0.0183. The number of carbonyl (C=O) groups excluding carboxylic acids is 2. The highest BCUT2D eigenvalue weighted by Gasteiger charge is 2.35. The molecule has 11 heteroatoms. The molecule has 47 heavy (non-hydrogen) atoms. The number of hydrogen-bond donors (Lipinski definition) is 1. The molecule has 0 aliphatic carbocycles. The normalized spacial score (nSPS) is 11.9. The van der Waals surface area contributed by atoms with Gasteiger partial charge in [-0.05, 0) is 82.9 Å². The fourth-order valence-corrected chi connectivity index (χ4v) is 7.65. The van der Waals surface area contributed by atoms with Crippen LogP contribution in [0.4, 0.5) is 5.69 Å². The number of anilines is 1. The van der Waals surface area contributed by atoms with Gasteiger partial charge in [-0.1, -0.05) is 89.4 Å². The van der Waals surface area contributed by atoms with Crippen LogP contribution in [0.2, 0.25) is 0 Å². The lowest BCUT2D eigenvalue weighted by atomic mass is 10.0. The Morgan fingerprint density at radius 2 is 1.60 bits per heavy atom. The van der Waals surface area contributed by atoms with E-state index in [-0.39, 0.29) is 23.8 Å². The smallest absolute Gasteiger partial charge is 0.264 e. The predicted molar refractivity (Wildman–Crippen MR) is 193 cm³/mol. The number of rotatable bonds is 15. The van der Waals surface area contributed by atoms with E-state index in [1.165, 1.54) is 24.1 Å². The van der Waals surface area contributed by atoms with E-state index in [1.54, 1.807) is 30.3 Å². The fraction of sp³-hybridized carbons (Fsp3) is 0.278.